The number of para-hydroxylation sites is 1. The summed E-state index contributed by atoms with van der Waals surface area (Å²) in [6, 6.07) is 14.0. The molecular weight excluding hydrogens is 228 g/mol. The lowest BCUT2D eigenvalue weighted by molar-refractivity contribution is 0.305. The van der Waals surface area contributed by atoms with E-state index in [0.717, 1.165) is 5.56 Å². The zero-order valence-corrected chi connectivity index (χ0v) is 9.76. The minimum atomic E-state index is -0.0264. The van der Waals surface area contributed by atoms with Gasteiger partial charge in [0.25, 0.3) is 0 Å². The Morgan fingerprint density at radius 2 is 1.94 bits per heavy atom. The van der Waals surface area contributed by atoms with Crippen LogP contribution in [0.5, 0.6) is 11.5 Å². The Balaban J connectivity index is 2.13. The molecular formula is C14H14N2O2. The van der Waals surface area contributed by atoms with E-state index in [4.69, 9.17) is 15.9 Å². The first-order valence-electron chi connectivity index (χ1n) is 5.51. The number of phenolic OH excluding ortho intramolecular Hbond substituents is 1. The molecule has 0 amide bonds. The molecule has 0 aromatic heterocycles. The maximum Gasteiger partial charge on any atom is 0.130 e. The van der Waals surface area contributed by atoms with Gasteiger partial charge in [0.15, 0.2) is 0 Å². The average Bonchev–Trinajstić information content (AvgIpc) is 2.37. The van der Waals surface area contributed by atoms with Crippen LogP contribution in [0.25, 0.3) is 0 Å². The van der Waals surface area contributed by atoms with Crippen molar-refractivity contribution in [3.05, 3.63) is 59.7 Å². The van der Waals surface area contributed by atoms with Gasteiger partial charge in [-0.2, -0.15) is 0 Å². The Morgan fingerprint density at radius 1 is 1.17 bits per heavy atom. The van der Waals surface area contributed by atoms with Crippen molar-refractivity contribution in [2.24, 2.45) is 5.73 Å². The number of aromatic hydroxyl groups is 1. The molecule has 4 heteroatoms. The summed E-state index contributed by atoms with van der Waals surface area (Å²) in [5.74, 6) is 0.741. The molecule has 4 nitrogen and oxygen atoms in total. The van der Waals surface area contributed by atoms with Gasteiger partial charge in [0.2, 0.25) is 0 Å². The quantitative estimate of drug-likeness (QED) is 0.568. The Bertz CT molecular complexity index is 567. The molecule has 0 spiro atoms. The van der Waals surface area contributed by atoms with Gasteiger partial charge in [-0.25, -0.2) is 0 Å². The Morgan fingerprint density at radius 3 is 2.67 bits per heavy atom. The molecule has 0 bridgehead atoms. The van der Waals surface area contributed by atoms with Crippen LogP contribution < -0.4 is 10.5 Å². The second-order valence-corrected chi connectivity index (χ2v) is 3.87. The van der Waals surface area contributed by atoms with Crippen molar-refractivity contribution >= 4 is 5.84 Å². The summed E-state index contributed by atoms with van der Waals surface area (Å²) in [5.41, 5.74) is 6.89. The second kappa shape index (κ2) is 5.23. The highest BCUT2D eigenvalue weighted by Gasteiger charge is 2.05. The number of hydrogen-bond donors (Lipinski definition) is 3. The van der Waals surface area contributed by atoms with Gasteiger partial charge in [0.05, 0.1) is 5.56 Å². The van der Waals surface area contributed by atoms with Crippen molar-refractivity contribution in [1.29, 1.82) is 5.41 Å². The smallest absolute Gasteiger partial charge is 0.130 e. The molecule has 2 rings (SSSR count). The predicted molar refractivity (Wildman–Crippen MR) is 69.9 cm³/mol. The molecule has 92 valence electrons. The van der Waals surface area contributed by atoms with Gasteiger partial charge >= 0.3 is 0 Å². The molecule has 0 aliphatic rings. The molecule has 0 heterocycles. The monoisotopic (exact) mass is 242 g/mol. The third-order valence-electron chi connectivity index (χ3n) is 2.48. The van der Waals surface area contributed by atoms with Crippen LogP contribution in [0.4, 0.5) is 0 Å². The molecule has 0 saturated carbocycles. The molecule has 2 aromatic rings. The van der Waals surface area contributed by atoms with Crippen molar-refractivity contribution in [3.8, 4) is 11.5 Å². The van der Waals surface area contributed by atoms with E-state index in [1.165, 1.54) is 0 Å². The molecule has 0 saturated heterocycles. The van der Waals surface area contributed by atoms with E-state index in [-0.39, 0.29) is 11.6 Å². The van der Waals surface area contributed by atoms with E-state index in [2.05, 4.69) is 0 Å². The fraction of sp³-hybridized carbons (Fsp3) is 0.0714. The van der Waals surface area contributed by atoms with E-state index in [9.17, 15) is 5.11 Å². The van der Waals surface area contributed by atoms with Crippen LogP contribution >= 0.6 is 0 Å². The van der Waals surface area contributed by atoms with Crippen LogP contribution in [0.15, 0.2) is 48.5 Å². The number of hydrogen-bond acceptors (Lipinski definition) is 3. The summed E-state index contributed by atoms with van der Waals surface area (Å²) < 4.78 is 5.61. The summed E-state index contributed by atoms with van der Waals surface area (Å²) in [4.78, 5) is 0. The first-order valence-corrected chi connectivity index (χ1v) is 5.51. The minimum Gasteiger partial charge on any atom is -0.508 e. The molecule has 0 unspecified atom stereocenters. The van der Waals surface area contributed by atoms with Crippen molar-refractivity contribution < 1.29 is 9.84 Å². The number of amidine groups is 1. The van der Waals surface area contributed by atoms with Crippen LogP contribution in [-0.4, -0.2) is 10.9 Å². The van der Waals surface area contributed by atoms with Gasteiger partial charge in [-0.05, 0) is 29.8 Å². The van der Waals surface area contributed by atoms with E-state index >= 15 is 0 Å². The molecule has 18 heavy (non-hydrogen) atoms. The van der Waals surface area contributed by atoms with Gasteiger partial charge in [-0.3, -0.25) is 5.41 Å². The zero-order chi connectivity index (χ0) is 13.0. The van der Waals surface area contributed by atoms with Crippen LogP contribution in [0, 0.1) is 5.41 Å². The first-order chi connectivity index (χ1) is 8.66. The van der Waals surface area contributed by atoms with Gasteiger partial charge in [-0.15, -0.1) is 0 Å². The van der Waals surface area contributed by atoms with Crippen LogP contribution in [0.3, 0.4) is 0 Å². The highest BCUT2D eigenvalue weighted by atomic mass is 16.5. The van der Waals surface area contributed by atoms with Crippen molar-refractivity contribution in [2.45, 2.75) is 6.61 Å². The fourth-order valence-corrected chi connectivity index (χ4v) is 1.62. The number of phenols is 1. The van der Waals surface area contributed by atoms with E-state index in [0.29, 0.717) is 17.9 Å². The molecule has 0 aliphatic heterocycles. The summed E-state index contributed by atoms with van der Waals surface area (Å²) in [5, 5.41) is 16.8. The Labute approximate surface area is 105 Å². The van der Waals surface area contributed by atoms with E-state index in [1.54, 1.807) is 36.4 Å². The van der Waals surface area contributed by atoms with Crippen molar-refractivity contribution in [1.82, 2.24) is 0 Å². The summed E-state index contributed by atoms with van der Waals surface area (Å²) in [6.45, 7) is 0.318. The van der Waals surface area contributed by atoms with E-state index < -0.39 is 0 Å². The molecule has 2 aromatic carbocycles. The van der Waals surface area contributed by atoms with Gasteiger partial charge in [-0.1, -0.05) is 24.3 Å². The number of rotatable bonds is 4. The number of nitrogen functional groups attached to an aromatic ring is 1. The second-order valence-electron chi connectivity index (χ2n) is 3.87. The molecule has 0 aliphatic carbocycles. The van der Waals surface area contributed by atoms with Crippen LogP contribution in [-0.2, 0) is 6.61 Å². The lowest BCUT2D eigenvalue weighted by Crippen LogP contribution is -2.12. The molecule has 0 fully saturated rings. The fourth-order valence-electron chi connectivity index (χ4n) is 1.62. The van der Waals surface area contributed by atoms with E-state index in [1.807, 2.05) is 12.1 Å². The number of ether oxygens (including phenoxy) is 1. The third-order valence-corrected chi connectivity index (χ3v) is 2.48. The predicted octanol–water partition coefficient (Wildman–Crippen LogP) is 2.26. The van der Waals surface area contributed by atoms with Gasteiger partial charge in [0.1, 0.15) is 23.9 Å². The number of nitrogens with one attached hydrogen (secondary N) is 1. The Kier molecular flexibility index (Phi) is 3.48. The average molecular weight is 242 g/mol. The lowest BCUT2D eigenvalue weighted by atomic mass is 10.2. The topological polar surface area (TPSA) is 79.3 Å². The zero-order valence-electron chi connectivity index (χ0n) is 9.76. The highest BCUT2D eigenvalue weighted by molar-refractivity contribution is 5.97. The van der Waals surface area contributed by atoms with Crippen molar-refractivity contribution in [2.75, 3.05) is 0 Å². The molecule has 4 N–H and O–H groups in total. The number of nitrogens with two attached hydrogens (primary N) is 1. The van der Waals surface area contributed by atoms with Crippen LogP contribution in [0.2, 0.25) is 0 Å². The Hall–Kier alpha value is -2.49. The minimum absolute atomic E-state index is 0.0264. The van der Waals surface area contributed by atoms with Crippen molar-refractivity contribution in [3.63, 3.8) is 0 Å². The lowest BCUT2D eigenvalue weighted by Gasteiger charge is -2.10. The summed E-state index contributed by atoms with van der Waals surface area (Å²) in [6.07, 6.45) is 0. The standard InChI is InChI=1S/C14H14N2O2/c15-14(16)12-6-1-2-7-13(12)18-9-10-4-3-5-11(17)8-10/h1-8,17H,9H2,(H3,15,16). The SMILES string of the molecule is N=C(N)c1ccccc1OCc1cccc(O)c1. The summed E-state index contributed by atoms with van der Waals surface area (Å²) in [7, 11) is 0. The maximum atomic E-state index is 9.34. The summed E-state index contributed by atoms with van der Waals surface area (Å²) >= 11 is 0. The largest absolute Gasteiger partial charge is 0.508 e. The molecule has 0 atom stereocenters. The van der Waals surface area contributed by atoms with Gasteiger partial charge < -0.3 is 15.6 Å². The van der Waals surface area contributed by atoms with Crippen LogP contribution in [0.1, 0.15) is 11.1 Å². The third kappa shape index (κ3) is 2.79. The highest BCUT2D eigenvalue weighted by Crippen LogP contribution is 2.19. The normalized spacial score (nSPS) is 10.0. The number of benzene rings is 2. The van der Waals surface area contributed by atoms with Gasteiger partial charge in [0, 0.05) is 0 Å². The molecule has 0 radical (unpaired) electrons. The first kappa shape index (κ1) is 12.0. The maximum absolute atomic E-state index is 9.34.